The topological polar surface area (TPSA) is 46.3 Å². The first kappa shape index (κ1) is 14.4. The molecule has 4 heteroatoms. The monoisotopic (exact) mass is 324 g/mol. The Labute approximate surface area is 123 Å². The van der Waals surface area contributed by atoms with Gasteiger partial charge in [-0.25, -0.2) is 0 Å². The molecule has 1 amide bonds. The smallest absolute Gasteiger partial charge is 0.254 e. The van der Waals surface area contributed by atoms with Crippen molar-refractivity contribution in [2.75, 3.05) is 18.8 Å². The van der Waals surface area contributed by atoms with Crippen molar-refractivity contribution in [2.45, 2.75) is 33.1 Å². The van der Waals surface area contributed by atoms with E-state index in [-0.39, 0.29) is 5.91 Å². The number of carbonyl (C=O) groups excluding carboxylic acids is 1. The number of nitrogens with zero attached hydrogens (tertiary/aromatic N) is 1. The predicted octanol–water partition coefficient (Wildman–Crippen LogP) is 3.60. The fraction of sp³-hybridized carbons (Fsp3) is 0.533. The molecule has 1 aromatic rings. The molecule has 1 aliphatic rings. The lowest BCUT2D eigenvalue weighted by molar-refractivity contribution is 0.0759. The minimum atomic E-state index is 0.111. The quantitative estimate of drug-likeness (QED) is 0.802. The van der Waals surface area contributed by atoms with E-state index in [1.165, 1.54) is 6.42 Å². The van der Waals surface area contributed by atoms with Crippen LogP contribution in [0, 0.1) is 12.8 Å². The third kappa shape index (κ3) is 3.30. The van der Waals surface area contributed by atoms with Crippen molar-refractivity contribution >= 4 is 27.5 Å². The maximum Gasteiger partial charge on any atom is 0.254 e. The largest absolute Gasteiger partial charge is 0.398 e. The molecule has 3 nitrogen and oxygen atoms in total. The zero-order valence-corrected chi connectivity index (χ0v) is 13.2. The molecule has 1 aliphatic heterocycles. The van der Waals surface area contributed by atoms with E-state index in [0.29, 0.717) is 11.6 Å². The second-order valence-corrected chi connectivity index (χ2v) is 6.41. The van der Waals surface area contributed by atoms with E-state index in [9.17, 15) is 4.79 Å². The number of nitrogen functional groups attached to an aromatic ring is 1. The Hall–Kier alpha value is -1.03. The zero-order chi connectivity index (χ0) is 14.0. The Balaban J connectivity index is 2.24. The molecule has 0 radical (unpaired) electrons. The molecule has 104 valence electrons. The zero-order valence-electron chi connectivity index (χ0n) is 11.6. The van der Waals surface area contributed by atoms with Crippen LogP contribution in [-0.2, 0) is 0 Å². The number of likely N-dealkylation sites (tertiary alicyclic amines) is 1. The van der Waals surface area contributed by atoms with Crippen LogP contribution < -0.4 is 5.73 Å². The van der Waals surface area contributed by atoms with E-state index in [1.807, 2.05) is 24.0 Å². The average Bonchev–Trinajstić information content (AvgIpc) is 2.58. The van der Waals surface area contributed by atoms with Crippen LogP contribution in [0.15, 0.2) is 16.6 Å². The molecule has 1 atom stereocenters. The molecule has 2 rings (SSSR count). The van der Waals surface area contributed by atoms with Gasteiger partial charge in [0.05, 0.1) is 0 Å². The molecule has 19 heavy (non-hydrogen) atoms. The van der Waals surface area contributed by atoms with Crippen LogP contribution in [0.3, 0.4) is 0 Å². The molecule has 0 saturated carbocycles. The van der Waals surface area contributed by atoms with Gasteiger partial charge in [0.25, 0.3) is 5.91 Å². The van der Waals surface area contributed by atoms with Crippen LogP contribution in [0.4, 0.5) is 5.69 Å². The van der Waals surface area contributed by atoms with Gasteiger partial charge in [0.2, 0.25) is 0 Å². The van der Waals surface area contributed by atoms with E-state index in [2.05, 4.69) is 22.9 Å². The van der Waals surface area contributed by atoms with Crippen molar-refractivity contribution in [3.05, 3.63) is 27.7 Å². The summed E-state index contributed by atoms with van der Waals surface area (Å²) in [4.78, 5) is 14.6. The fourth-order valence-electron chi connectivity index (χ4n) is 2.56. The molecule has 0 aliphatic carbocycles. The summed E-state index contributed by atoms with van der Waals surface area (Å²) in [6.45, 7) is 5.88. The molecule has 0 aromatic heterocycles. The Morgan fingerprint density at radius 3 is 2.84 bits per heavy atom. The third-order valence-corrected chi connectivity index (χ3v) is 4.40. The van der Waals surface area contributed by atoms with Crippen LogP contribution in [0.5, 0.6) is 0 Å². The fourth-order valence-corrected chi connectivity index (χ4v) is 3.03. The molecule has 1 saturated heterocycles. The van der Waals surface area contributed by atoms with Gasteiger partial charge in [-0.05, 0) is 49.8 Å². The van der Waals surface area contributed by atoms with Crippen LogP contribution in [-0.4, -0.2) is 23.9 Å². The maximum absolute atomic E-state index is 12.6. The van der Waals surface area contributed by atoms with E-state index in [4.69, 9.17) is 5.73 Å². The lowest BCUT2D eigenvalue weighted by Crippen LogP contribution is -2.32. The Morgan fingerprint density at radius 1 is 1.37 bits per heavy atom. The van der Waals surface area contributed by atoms with Gasteiger partial charge in [0.15, 0.2) is 0 Å². The van der Waals surface area contributed by atoms with Crippen molar-refractivity contribution in [2.24, 2.45) is 5.92 Å². The molecule has 1 aromatic carbocycles. The second-order valence-electron chi connectivity index (χ2n) is 5.50. The highest BCUT2D eigenvalue weighted by Crippen LogP contribution is 2.25. The molecule has 0 bridgehead atoms. The molecular formula is C15H21BrN2O. The van der Waals surface area contributed by atoms with E-state index >= 15 is 0 Å². The number of rotatable bonds is 1. The summed E-state index contributed by atoms with van der Waals surface area (Å²) < 4.78 is 0.863. The van der Waals surface area contributed by atoms with Gasteiger partial charge in [0, 0.05) is 28.8 Å². The average molecular weight is 325 g/mol. The number of hydrogen-bond donors (Lipinski definition) is 1. The van der Waals surface area contributed by atoms with Crippen LogP contribution >= 0.6 is 15.9 Å². The minimum Gasteiger partial charge on any atom is -0.398 e. The Kier molecular flexibility index (Phi) is 4.50. The summed E-state index contributed by atoms with van der Waals surface area (Å²) in [7, 11) is 0. The number of amides is 1. The molecule has 0 spiro atoms. The molecule has 1 unspecified atom stereocenters. The van der Waals surface area contributed by atoms with Crippen LogP contribution in [0.2, 0.25) is 0 Å². The number of hydrogen-bond acceptors (Lipinski definition) is 2. The summed E-state index contributed by atoms with van der Waals surface area (Å²) >= 11 is 3.41. The third-order valence-electron chi connectivity index (χ3n) is 3.95. The van der Waals surface area contributed by atoms with Crippen molar-refractivity contribution in [3.63, 3.8) is 0 Å². The first-order chi connectivity index (χ1) is 8.99. The normalized spacial score (nSPS) is 20.2. The lowest BCUT2D eigenvalue weighted by Gasteiger charge is -2.22. The Bertz CT molecular complexity index is 487. The van der Waals surface area contributed by atoms with Crippen molar-refractivity contribution < 1.29 is 4.79 Å². The van der Waals surface area contributed by atoms with Gasteiger partial charge in [0.1, 0.15) is 0 Å². The van der Waals surface area contributed by atoms with Crippen molar-refractivity contribution in [1.29, 1.82) is 0 Å². The highest BCUT2D eigenvalue weighted by atomic mass is 79.9. The maximum atomic E-state index is 12.6. The van der Waals surface area contributed by atoms with Gasteiger partial charge < -0.3 is 10.6 Å². The standard InChI is InChI=1S/C15H21BrN2O/c1-10-4-3-6-18(7-5-10)15(19)13-8-12(16)9-14(17)11(13)2/h8-10H,3-7,17H2,1-2H3. The number of halogens is 1. The van der Waals surface area contributed by atoms with Gasteiger partial charge >= 0.3 is 0 Å². The first-order valence-corrected chi connectivity index (χ1v) is 7.63. The number of carbonyl (C=O) groups is 1. The highest BCUT2D eigenvalue weighted by Gasteiger charge is 2.21. The summed E-state index contributed by atoms with van der Waals surface area (Å²) in [5.41, 5.74) is 8.21. The summed E-state index contributed by atoms with van der Waals surface area (Å²) in [6, 6.07) is 3.72. The highest BCUT2D eigenvalue weighted by molar-refractivity contribution is 9.10. The minimum absolute atomic E-state index is 0.111. The number of benzene rings is 1. The van der Waals surface area contributed by atoms with Gasteiger partial charge in [-0.1, -0.05) is 22.9 Å². The molecule has 1 heterocycles. The van der Waals surface area contributed by atoms with Crippen LogP contribution in [0.1, 0.15) is 42.1 Å². The summed E-state index contributed by atoms with van der Waals surface area (Å²) in [5, 5.41) is 0. The first-order valence-electron chi connectivity index (χ1n) is 6.84. The summed E-state index contributed by atoms with van der Waals surface area (Å²) in [6.07, 6.45) is 3.40. The number of anilines is 1. The van der Waals surface area contributed by atoms with E-state index in [1.54, 1.807) is 0 Å². The summed E-state index contributed by atoms with van der Waals surface area (Å²) in [5.74, 6) is 0.825. The predicted molar refractivity (Wildman–Crippen MR) is 82.2 cm³/mol. The van der Waals surface area contributed by atoms with Gasteiger partial charge in [-0.15, -0.1) is 0 Å². The van der Waals surface area contributed by atoms with Gasteiger partial charge in [-0.2, -0.15) is 0 Å². The molecule has 1 fully saturated rings. The molecule has 2 N–H and O–H groups in total. The van der Waals surface area contributed by atoms with Gasteiger partial charge in [-0.3, -0.25) is 4.79 Å². The van der Waals surface area contributed by atoms with Crippen molar-refractivity contribution in [3.8, 4) is 0 Å². The van der Waals surface area contributed by atoms with E-state index in [0.717, 1.165) is 41.5 Å². The van der Waals surface area contributed by atoms with E-state index < -0.39 is 0 Å². The van der Waals surface area contributed by atoms with Crippen molar-refractivity contribution in [1.82, 2.24) is 4.90 Å². The number of nitrogens with two attached hydrogens (primary N) is 1. The Morgan fingerprint density at radius 2 is 2.11 bits per heavy atom. The molecular weight excluding hydrogens is 304 g/mol. The SMILES string of the molecule is Cc1c(N)cc(Br)cc1C(=O)N1CCCC(C)CC1. The van der Waals surface area contributed by atoms with Crippen LogP contribution in [0.25, 0.3) is 0 Å². The second kappa shape index (κ2) is 5.95. The lowest BCUT2D eigenvalue weighted by atomic mass is 10.0.